The summed E-state index contributed by atoms with van der Waals surface area (Å²) in [6.07, 6.45) is 1.75. The number of allylic oxidation sites excluding steroid dienone is 1. The Morgan fingerprint density at radius 1 is 1.07 bits per heavy atom. The molecule has 1 aromatic carbocycles. The van der Waals surface area contributed by atoms with E-state index in [0.29, 0.717) is 5.76 Å². The average Bonchev–Trinajstić information content (AvgIpc) is 2.23. The van der Waals surface area contributed by atoms with Crippen LogP contribution in [-0.4, -0.2) is 11.8 Å². The van der Waals surface area contributed by atoms with E-state index in [-0.39, 0.29) is 6.42 Å². The molecule has 3 nitrogen and oxygen atoms in total. The molecule has 3 heteroatoms. The number of hydrogen-bond acceptors (Lipinski definition) is 3. The topological polar surface area (TPSA) is 43.4 Å². The highest BCUT2D eigenvalue weighted by molar-refractivity contribution is 6.35. The first kappa shape index (κ1) is 8.69. The van der Waals surface area contributed by atoms with E-state index >= 15 is 0 Å². The molecule has 0 atom stereocenters. The second kappa shape index (κ2) is 3.46. The zero-order valence-corrected chi connectivity index (χ0v) is 7.40. The maximum atomic E-state index is 11.0. The molecule has 0 amide bonds. The fraction of sp³-hybridized carbons (Fsp3) is 0.0909. The van der Waals surface area contributed by atoms with Crippen LogP contribution in [0.2, 0.25) is 0 Å². The van der Waals surface area contributed by atoms with Gasteiger partial charge in [-0.2, -0.15) is 0 Å². The Balaban J connectivity index is 2.30. The number of esters is 1. The molecule has 0 saturated carbocycles. The van der Waals surface area contributed by atoms with E-state index < -0.39 is 11.8 Å². The highest BCUT2D eigenvalue weighted by atomic mass is 16.5. The van der Waals surface area contributed by atoms with Gasteiger partial charge < -0.3 is 4.74 Å². The van der Waals surface area contributed by atoms with Crippen molar-refractivity contribution < 1.29 is 14.3 Å². The summed E-state index contributed by atoms with van der Waals surface area (Å²) in [5.74, 6) is -0.800. The van der Waals surface area contributed by atoms with Crippen molar-refractivity contribution in [3.05, 3.63) is 42.0 Å². The molecule has 14 heavy (non-hydrogen) atoms. The van der Waals surface area contributed by atoms with Gasteiger partial charge in [0, 0.05) is 12.0 Å². The molecule has 1 aromatic rings. The molecule has 0 N–H and O–H groups in total. The lowest BCUT2D eigenvalue weighted by Gasteiger charge is -2.11. The molecule has 0 aromatic heterocycles. The number of cyclic esters (lactones) is 1. The molecule has 0 saturated heterocycles. The van der Waals surface area contributed by atoms with Crippen molar-refractivity contribution in [1.82, 2.24) is 0 Å². The summed E-state index contributed by atoms with van der Waals surface area (Å²) < 4.78 is 4.86. The van der Waals surface area contributed by atoms with Crippen molar-refractivity contribution in [3.8, 4) is 0 Å². The highest BCUT2D eigenvalue weighted by Gasteiger charge is 2.22. The number of ketones is 1. The maximum absolute atomic E-state index is 11.0. The number of benzene rings is 1. The largest absolute Gasteiger partial charge is 0.420 e. The van der Waals surface area contributed by atoms with Gasteiger partial charge in [-0.1, -0.05) is 30.3 Å². The normalized spacial score (nSPS) is 16.1. The Morgan fingerprint density at radius 3 is 2.43 bits per heavy atom. The van der Waals surface area contributed by atoms with Crippen molar-refractivity contribution in [1.29, 1.82) is 0 Å². The van der Waals surface area contributed by atoms with Crippen LogP contribution in [0.4, 0.5) is 0 Å². The number of carbonyl (C=O) groups is 2. The highest BCUT2D eigenvalue weighted by Crippen LogP contribution is 2.20. The van der Waals surface area contributed by atoms with E-state index in [0.717, 1.165) is 5.56 Å². The molecule has 70 valence electrons. The lowest BCUT2D eigenvalue weighted by molar-refractivity contribution is -0.149. The van der Waals surface area contributed by atoms with Gasteiger partial charge in [-0.15, -0.1) is 0 Å². The van der Waals surface area contributed by atoms with Crippen LogP contribution in [0.25, 0.3) is 5.76 Å². The summed E-state index contributed by atoms with van der Waals surface area (Å²) in [6, 6.07) is 9.23. The van der Waals surface area contributed by atoms with Crippen LogP contribution in [0.15, 0.2) is 36.4 Å². The van der Waals surface area contributed by atoms with E-state index in [9.17, 15) is 9.59 Å². The van der Waals surface area contributed by atoms with E-state index in [4.69, 9.17) is 4.74 Å². The SMILES string of the molecule is O=C1CC=C(c2ccccc2)OC1=O. The smallest absolute Gasteiger partial charge is 0.380 e. The number of hydrogen-bond donors (Lipinski definition) is 0. The Bertz CT molecular complexity index is 404. The van der Waals surface area contributed by atoms with Crippen molar-refractivity contribution in [2.75, 3.05) is 0 Å². The molecular formula is C11H8O3. The minimum absolute atomic E-state index is 0.128. The Morgan fingerprint density at radius 2 is 1.79 bits per heavy atom. The third-order valence-electron chi connectivity index (χ3n) is 1.96. The minimum Gasteiger partial charge on any atom is -0.420 e. The molecule has 0 bridgehead atoms. The molecule has 2 rings (SSSR count). The zero-order chi connectivity index (χ0) is 9.97. The summed E-state index contributed by atoms with van der Waals surface area (Å²) in [7, 11) is 0. The van der Waals surface area contributed by atoms with Crippen LogP contribution in [-0.2, 0) is 14.3 Å². The molecule has 0 aliphatic carbocycles. The van der Waals surface area contributed by atoms with Gasteiger partial charge in [0.2, 0.25) is 5.78 Å². The van der Waals surface area contributed by atoms with Crippen LogP contribution in [0.1, 0.15) is 12.0 Å². The third-order valence-corrected chi connectivity index (χ3v) is 1.96. The van der Waals surface area contributed by atoms with Crippen LogP contribution < -0.4 is 0 Å². The Kier molecular flexibility index (Phi) is 2.14. The van der Waals surface area contributed by atoms with Gasteiger partial charge in [-0.3, -0.25) is 4.79 Å². The number of Topliss-reactive ketones (excluding diaryl/α,β-unsaturated/α-hetero) is 1. The molecule has 1 heterocycles. The van der Waals surface area contributed by atoms with Crippen molar-refractivity contribution in [2.24, 2.45) is 0 Å². The van der Waals surface area contributed by atoms with Crippen molar-refractivity contribution in [3.63, 3.8) is 0 Å². The molecule has 0 unspecified atom stereocenters. The summed E-state index contributed by atoms with van der Waals surface area (Å²) in [5.41, 5.74) is 0.813. The van der Waals surface area contributed by atoms with Gasteiger partial charge in [-0.05, 0) is 6.08 Å². The summed E-state index contributed by atoms with van der Waals surface area (Å²) in [5, 5.41) is 0. The predicted molar refractivity (Wildman–Crippen MR) is 50.1 cm³/mol. The second-order valence-electron chi connectivity index (χ2n) is 2.95. The molecule has 1 aliphatic heterocycles. The van der Waals surface area contributed by atoms with E-state index in [2.05, 4.69) is 0 Å². The molecule has 0 fully saturated rings. The van der Waals surface area contributed by atoms with Gasteiger partial charge in [-0.25, -0.2) is 4.79 Å². The predicted octanol–water partition coefficient (Wildman–Crippen LogP) is 1.54. The molecule has 1 aliphatic rings. The monoisotopic (exact) mass is 188 g/mol. The second-order valence-corrected chi connectivity index (χ2v) is 2.95. The minimum atomic E-state index is -0.772. The van der Waals surface area contributed by atoms with E-state index in [1.807, 2.05) is 30.3 Å². The lowest BCUT2D eigenvalue weighted by atomic mass is 10.1. The molecular weight excluding hydrogens is 180 g/mol. The number of ether oxygens (including phenoxy) is 1. The van der Waals surface area contributed by atoms with Gasteiger partial charge >= 0.3 is 5.97 Å². The first-order valence-electron chi connectivity index (χ1n) is 4.28. The maximum Gasteiger partial charge on any atom is 0.380 e. The van der Waals surface area contributed by atoms with Crippen LogP contribution in [0.3, 0.4) is 0 Å². The van der Waals surface area contributed by atoms with Crippen LogP contribution in [0.5, 0.6) is 0 Å². The van der Waals surface area contributed by atoms with Crippen molar-refractivity contribution >= 4 is 17.5 Å². The molecule has 0 radical (unpaired) electrons. The summed E-state index contributed by atoms with van der Waals surface area (Å²) in [4.78, 5) is 21.8. The Hall–Kier alpha value is -1.90. The zero-order valence-electron chi connectivity index (χ0n) is 7.40. The fourth-order valence-corrected chi connectivity index (χ4v) is 1.25. The van der Waals surface area contributed by atoms with E-state index in [1.165, 1.54) is 0 Å². The molecule has 0 spiro atoms. The Labute approximate surface area is 81.0 Å². The third kappa shape index (κ3) is 1.57. The average molecular weight is 188 g/mol. The standard InChI is InChI=1S/C11H8O3/c12-9-6-7-10(14-11(9)13)8-4-2-1-3-5-8/h1-5,7H,6H2. The van der Waals surface area contributed by atoms with Crippen molar-refractivity contribution in [2.45, 2.75) is 6.42 Å². The summed E-state index contributed by atoms with van der Waals surface area (Å²) in [6.45, 7) is 0. The fourth-order valence-electron chi connectivity index (χ4n) is 1.25. The quantitative estimate of drug-likeness (QED) is 0.496. The number of carbonyl (C=O) groups excluding carboxylic acids is 2. The van der Waals surface area contributed by atoms with Gasteiger partial charge in [0.1, 0.15) is 5.76 Å². The van der Waals surface area contributed by atoms with Crippen LogP contribution >= 0.6 is 0 Å². The van der Waals surface area contributed by atoms with Crippen LogP contribution in [0, 0.1) is 0 Å². The van der Waals surface area contributed by atoms with E-state index in [1.54, 1.807) is 6.08 Å². The number of rotatable bonds is 1. The first-order valence-corrected chi connectivity index (χ1v) is 4.28. The van der Waals surface area contributed by atoms with Gasteiger partial charge in [0.15, 0.2) is 0 Å². The van der Waals surface area contributed by atoms with Gasteiger partial charge in [0.25, 0.3) is 0 Å². The van der Waals surface area contributed by atoms with Gasteiger partial charge in [0.05, 0.1) is 0 Å². The first-order chi connectivity index (χ1) is 6.77. The summed E-state index contributed by atoms with van der Waals surface area (Å²) >= 11 is 0. The lowest BCUT2D eigenvalue weighted by Crippen LogP contribution is -2.19.